The van der Waals surface area contributed by atoms with Crippen molar-refractivity contribution in [3.63, 3.8) is 0 Å². The van der Waals surface area contributed by atoms with E-state index in [9.17, 15) is 17.6 Å². The van der Waals surface area contributed by atoms with Crippen molar-refractivity contribution >= 4 is 21.6 Å². The molecule has 0 aromatic heterocycles. The molecule has 0 bridgehead atoms. The van der Waals surface area contributed by atoms with Crippen LogP contribution in [-0.4, -0.2) is 37.7 Å². The average Bonchev–Trinajstić information content (AvgIpc) is 2.64. The topological polar surface area (TPSA) is 66.5 Å². The number of likely N-dealkylation sites (tertiary alicyclic amines) is 1. The standard InChI is InChI=1S/C19H21FN2O3S/c1-14-2-6-16(7-3-14)21-19(23)22-12-10-18(11-13-22)26(24,25)17-8-4-15(20)5-9-17/h2-9,18H,10-13H2,1H3,(H,21,23). The molecule has 1 N–H and O–H groups in total. The molecule has 2 amide bonds. The van der Waals surface area contributed by atoms with Gasteiger partial charge in [-0.15, -0.1) is 0 Å². The highest BCUT2D eigenvalue weighted by atomic mass is 32.2. The number of anilines is 1. The first kappa shape index (κ1) is 18.4. The van der Waals surface area contributed by atoms with Gasteiger partial charge in [-0.2, -0.15) is 0 Å². The number of rotatable bonds is 3. The van der Waals surface area contributed by atoms with Crippen LogP contribution in [0, 0.1) is 12.7 Å². The molecule has 138 valence electrons. The van der Waals surface area contributed by atoms with Crippen molar-refractivity contribution in [3.05, 3.63) is 59.9 Å². The lowest BCUT2D eigenvalue weighted by Crippen LogP contribution is -2.44. The van der Waals surface area contributed by atoms with Gasteiger partial charge in [0.05, 0.1) is 10.1 Å². The number of carbonyl (C=O) groups excluding carboxylic acids is 1. The van der Waals surface area contributed by atoms with Crippen LogP contribution in [0.15, 0.2) is 53.4 Å². The van der Waals surface area contributed by atoms with Gasteiger partial charge in [0.1, 0.15) is 5.82 Å². The van der Waals surface area contributed by atoms with Gasteiger partial charge in [-0.05, 0) is 56.2 Å². The zero-order chi connectivity index (χ0) is 18.7. The van der Waals surface area contributed by atoms with Crippen LogP contribution in [0.25, 0.3) is 0 Å². The summed E-state index contributed by atoms with van der Waals surface area (Å²) in [4.78, 5) is 14.1. The molecule has 7 heteroatoms. The molecule has 1 aliphatic heterocycles. The summed E-state index contributed by atoms with van der Waals surface area (Å²) in [6.07, 6.45) is 0.724. The lowest BCUT2D eigenvalue weighted by Gasteiger charge is -2.31. The Morgan fingerprint density at radius 2 is 1.62 bits per heavy atom. The maximum absolute atomic E-state index is 13.0. The highest BCUT2D eigenvalue weighted by Gasteiger charge is 2.32. The molecule has 0 radical (unpaired) electrons. The van der Waals surface area contributed by atoms with E-state index in [1.54, 1.807) is 4.90 Å². The van der Waals surface area contributed by atoms with Gasteiger partial charge in [0.25, 0.3) is 0 Å². The molecule has 0 saturated carbocycles. The van der Waals surface area contributed by atoms with Crippen LogP contribution in [0.5, 0.6) is 0 Å². The largest absolute Gasteiger partial charge is 0.324 e. The SMILES string of the molecule is Cc1ccc(NC(=O)N2CCC(S(=O)(=O)c3ccc(F)cc3)CC2)cc1. The number of sulfone groups is 1. The van der Waals surface area contributed by atoms with Gasteiger partial charge in [0, 0.05) is 18.8 Å². The molecule has 26 heavy (non-hydrogen) atoms. The first-order chi connectivity index (χ1) is 12.4. The van der Waals surface area contributed by atoms with Crippen LogP contribution >= 0.6 is 0 Å². The van der Waals surface area contributed by atoms with E-state index >= 15 is 0 Å². The number of hydrogen-bond acceptors (Lipinski definition) is 3. The first-order valence-corrected chi connectivity index (χ1v) is 10.0. The van der Waals surface area contributed by atoms with E-state index in [0.717, 1.165) is 17.7 Å². The van der Waals surface area contributed by atoms with E-state index in [2.05, 4.69) is 5.32 Å². The van der Waals surface area contributed by atoms with E-state index in [4.69, 9.17) is 0 Å². The molecule has 5 nitrogen and oxygen atoms in total. The van der Waals surface area contributed by atoms with Crippen LogP contribution in [0.2, 0.25) is 0 Å². The quantitative estimate of drug-likeness (QED) is 0.833. The predicted molar refractivity (Wildman–Crippen MR) is 98.4 cm³/mol. The number of nitrogens with zero attached hydrogens (tertiary/aromatic N) is 1. The molecule has 0 atom stereocenters. The second-order valence-electron chi connectivity index (χ2n) is 6.48. The zero-order valence-corrected chi connectivity index (χ0v) is 15.3. The maximum Gasteiger partial charge on any atom is 0.321 e. The lowest BCUT2D eigenvalue weighted by atomic mass is 10.1. The van der Waals surface area contributed by atoms with Gasteiger partial charge in [0.2, 0.25) is 0 Å². The summed E-state index contributed by atoms with van der Waals surface area (Å²) >= 11 is 0. The molecular formula is C19H21FN2O3S. The first-order valence-electron chi connectivity index (χ1n) is 8.48. The highest BCUT2D eigenvalue weighted by Crippen LogP contribution is 2.25. The number of carbonyl (C=O) groups is 1. The number of halogens is 1. The minimum atomic E-state index is -3.52. The summed E-state index contributed by atoms with van der Waals surface area (Å²) in [5.41, 5.74) is 1.82. The monoisotopic (exact) mass is 376 g/mol. The average molecular weight is 376 g/mol. The van der Waals surface area contributed by atoms with E-state index < -0.39 is 20.9 Å². The molecular weight excluding hydrogens is 355 g/mol. The number of benzene rings is 2. The molecule has 0 aliphatic carbocycles. The van der Waals surface area contributed by atoms with Crippen molar-refractivity contribution in [2.75, 3.05) is 18.4 Å². The summed E-state index contributed by atoms with van der Waals surface area (Å²) in [5, 5.41) is 2.27. The number of nitrogens with one attached hydrogen (secondary N) is 1. The molecule has 3 rings (SSSR count). The fourth-order valence-corrected chi connectivity index (χ4v) is 4.76. The van der Waals surface area contributed by atoms with E-state index in [0.29, 0.717) is 31.6 Å². The fourth-order valence-electron chi connectivity index (χ4n) is 3.03. The van der Waals surface area contributed by atoms with Crippen molar-refractivity contribution in [1.82, 2.24) is 4.90 Å². The van der Waals surface area contributed by atoms with Gasteiger partial charge >= 0.3 is 6.03 Å². The van der Waals surface area contributed by atoms with Gasteiger partial charge in [0.15, 0.2) is 9.84 Å². The van der Waals surface area contributed by atoms with E-state index in [-0.39, 0.29) is 10.9 Å². The fraction of sp³-hybridized carbons (Fsp3) is 0.316. The molecule has 1 saturated heterocycles. The van der Waals surface area contributed by atoms with Gasteiger partial charge < -0.3 is 10.2 Å². The second-order valence-corrected chi connectivity index (χ2v) is 8.71. The Morgan fingerprint density at radius 3 is 2.19 bits per heavy atom. The Morgan fingerprint density at radius 1 is 1.04 bits per heavy atom. The van der Waals surface area contributed by atoms with E-state index in [1.807, 2.05) is 31.2 Å². The summed E-state index contributed by atoms with van der Waals surface area (Å²) < 4.78 is 38.3. The summed E-state index contributed by atoms with van der Waals surface area (Å²) in [6, 6.07) is 12.1. The van der Waals surface area contributed by atoms with Gasteiger partial charge in [-0.25, -0.2) is 17.6 Å². The van der Waals surface area contributed by atoms with Crippen LogP contribution in [0.4, 0.5) is 14.9 Å². The number of urea groups is 1. The zero-order valence-electron chi connectivity index (χ0n) is 14.5. The lowest BCUT2D eigenvalue weighted by molar-refractivity contribution is 0.200. The third-order valence-electron chi connectivity index (χ3n) is 4.61. The Balaban J connectivity index is 1.60. The molecule has 2 aromatic carbocycles. The van der Waals surface area contributed by atoms with Gasteiger partial charge in [-0.1, -0.05) is 17.7 Å². The highest BCUT2D eigenvalue weighted by molar-refractivity contribution is 7.92. The molecule has 1 aliphatic rings. The summed E-state index contributed by atoms with van der Waals surface area (Å²) in [5.74, 6) is -0.466. The Bertz CT molecular complexity index is 872. The third-order valence-corrected chi connectivity index (χ3v) is 6.89. The Hall–Kier alpha value is -2.41. The maximum atomic E-state index is 13.0. The number of aryl methyl sites for hydroxylation is 1. The normalized spacial score (nSPS) is 15.7. The van der Waals surface area contributed by atoms with Gasteiger partial charge in [-0.3, -0.25) is 0 Å². The Kier molecular flexibility index (Phi) is 5.27. The van der Waals surface area contributed by atoms with Crippen LogP contribution in [-0.2, 0) is 9.84 Å². The molecule has 0 spiro atoms. The number of amides is 2. The van der Waals surface area contributed by atoms with Crippen molar-refractivity contribution in [2.24, 2.45) is 0 Å². The predicted octanol–water partition coefficient (Wildman–Crippen LogP) is 3.60. The summed E-state index contributed by atoms with van der Waals surface area (Å²) in [6.45, 7) is 2.70. The third kappa shape index (κ3) is 4.04. The van der Waals surface area contributed by atoms with Crippen molar-refractivity contribution in [1.29, 1.82) is 0 Å². The number of hydrogen-bond donors (Lipinski definition) is 1. The van der Waals surface area contributed by atoms with Crippen molar-refractivity contribution in [2.45, 2.75) is 29.9 Å². The molecule has 2 aromatic rings. The molecule has 1 fully saturated rings. The van der Waals surface area contributed by atoms with Crippen molar-refractivity contribution in [3.8, 4) is 0 Å². The minimum Gasteiger partial charge on any atom is -0.324 e. The van der Waals surface area contributed by atoms with Crippen LogP contribution in [0.3, 0.4) is 0 Å². The molecule has 1 heterocycles. The Labute approximate surface area is 152 Å². The molecule has 0 unspecified atom stereocenters. The van der Waals surface area contributed by atoms with Crippen LogP contribution in [0.1, 0.15) is 18.4 Å². The van der Waals surface area contributed by atoms with Crippen molar-refractivity contribution < 1.29 is 17.6 Å². The van der Waals surface area contributed by atoms with Crippen LogP contribution < -0.4 is 5.32 Å². The summed E-state index contributed by atoms with van der Waals surface area (Å²) in [7, 11) is -3.52. The second kappa shape index (κ2) is 7.45. The smallest absolute Gasteiger partial charge is 0.321 e. The van der Waals surface area contributed by atoms with E-state index in [1.165, 1.54) is 12.1 Å². The number of piperidine rings is 1. The minimum absolute atomic E-state index is 0.126.